The lowest BCUT2D eigenvalue weighted by molar-refractivity contribution is 0.0687. The third kappa shape index (κ3) is 3.59. The van der Waals surface area contributed by atoms with E-state index in [1.165, 1.54) is 5.56 Å². The van der Waals surface area contributed by atoms with E-state index in [1.54, 1.807) is 0 Å². The molecule has 26 heavy (non-hydrogen) atoms. The first-order chi connectivity index (χ1) is 12.7. The van der Waals surface area contributed by atoms with Crippen molar-refractivity contribution in [3.63, 3.8) is 0 Å². The van der Waals surface area contributed by atoms with Crippen LogP contribution in [0.25, 0.3) is 0 Å². The molecular formula is C21H24N2O3. The molecule has 1 atom stereocenters. The molecule has 2 heterocycles. The maximum absolute atomic E-state index is 12.6. The van der Waals surface area contributed by atoms with Crippen molar-refractivity contribution < 1.29 is 14.3 Å². The van der Waals surface area contributed by atoms with Crippen LogP contribution in [0.15, 0.2) is 48.5 Å². The predicted molar refractivity (Wildman–Crippen MR) is 99.6 cm³/mol. The van der Waals surface area contributed by atoms with Crippen molar-refractivity contribution >= 4 is 5.78 Å². The zero-order valence-electron chi connectivity index (χ0n) is 15.1. The smallest absolute Gasteiger partial charge is 0.231 e. The summed E-state index contributed by atoms with van der Waals surface area (Å²) in [5, 5.41) is 0. The first-order valence-corrected chi connectivity index (χ1v) is 9.15. The summed E-state index contributed by atoms with van der Waals surface area (Å²) < 4.78 is 10.8. The summed E-state index contributed by atoms with van der Waals surface area (Å²) in [4.78, 5) is 17.4. The summed E-state index contributed by atoms with van der Waals surface area (Å²) in [7, 11) is 0. The molecular weight excluding hydrogens is 328 g/mol. The molecule has 5 nitrogen and oxygen atoms in total. The van der Waals surface area contributed by atoms with Crippen LogP contribution in [0.5, 0.6) is 11.5 Å². The minimum Gasteiger partial charge on any atom is -0.454 e. The van der Waals surface area contributed by atoms with Crippen molar-refractivity contribution in [1.29, 1.82) is 0 Å². The molecule has 0 amide bonds. The highest BCUT2D eigenvalue weighted by atomic mass is 16.7. The highest BCUT2D eigenvalue weighted by Gasteiger charge is 2.26. The van der Waals surface area contributed by atoms with E-state index in [1.807, 2.05) is 43.3 Å². The Kier molecular flexibility index (Phi) is 4.91. The van der Waals surface area contributed by atoms with Crippen molar-refractivity contribution in [2.24, 2.45) is 0 Å². The number of carbonyl (C=O) groups is 1. The fraction of sp³-hybridized carbons (Fsp3) is 0.381. The topological polar surface area (TPSA) is 42.0 Å². The van der Waals surface area contributed by atoms with Gasteiger partial charge in [-0.1, -0.05) is 36.4 Å². The Labute approximate surface area is 154 Å². The van der Waals surface area contributed by atoms with Crippen molar-refractivity contribution in [3.8, 4) is 11.5 Å². The number of rotatable bonds is 5. The van der Waals surface area contributed by atoms with Crippen molar-refractivity contribution in [3.05, 3.63) is 59.7 Å². The number of Topliss-reactive ketones (excluding diaryl/α,β-unsaturated/α-hetero) is 1. The van der Waals surface area contributed by atoms with Gasteiger partial charge in [0.2, 0.25) is 6.79 Å². The van der Waals surface area contributed by atoms with Crippen molar-refractivity contribution in [2.75, 3.05) is 33.0 Å². The van der Waals surface area contributed by atoms with Gasteiger partial charge in [-0.25, -0.2) is 0 Å². The van der Waals surface area contributed by atoms with Gasteiger partial charge in [0, 0.05) is 38.3 Å². The Morgan fingerprint density at radius 1 is 1.00 bits per heavy atom. The van der Waals surface area contributed by atoms with Gasteiger partial charge < -0.3 is 9.47 Å². The molecule has 2 aromatic carbocycles. The third-order valence-electron chi connectivity index (χ3n) is 5.24. The molecule has 2 aromatic rings. The number of hydrogen-bond donors (Lipinski definition) is 0. The molecule has 1 unspecified atom stereocenters. The van der Waals surface area contributed by atoms with Gasteiger partial charge in [-0.15, -0.1) is 0 Å². The van der Waals surface area contributed by atoms with Gasteiger partial charge in [-0.2, -0.15) is 0 Å². The van der Waals surface area contributed by atoms with Crippen LogP contribution in [-0.4, -0.2) is 54.6 Å². The number of ether oxygens (including phenoxy) is 2. The van der Waals surface area contributed by atoms with Crippen LogP contribution in [0.2, 0.25) is 0 Å². The predicted octanol–water partition coefficient (Wildman–Crippen LogP) is 2.80. The Morgan fingerprint density at radius 2 is 1.73 bits per heavy atom. The Hall–Kier alpha value is -2.37. The lowest BCUT2D eigenvalue weighted by Gasteiger charge is -2.37. The van der Waals surface area contributed by atoms with E-state index in [-0.39, 0.29) is 11.8 Å². The second-order valence-electron chi connectivity index (χ2n) is 6.91. The normalized spacial score (nSPS) is 18.7. The number of piperazine rings is 1. The van der Waals surface area contributed by atoms with E-state index in [0.717, 1.165) is 49.8 Å². The molecule has 0 spiro atoms. The number of hydrogen-bond acceptors (Lipinski definition) is 5. The Bertz CT molecular complexity index is 770. The highest BCUT2D eigenvalue weighted by molar-refractivity contribution is 5.99. The van der Waals surface area contributed by atoms with Crippen molar-refractivity contribution in [2.45, 2.75) is 19.5 Å². The van der Waals surface area contributed by atoms with Gasteiger partial charge in [-0.05, 0) is 24.6 Å². The molecule has 0 saturated carbocycles. The fourth-order valence-corrected chi connectivity index (χ4v) is 3.62. The van der Waals surface area contributed by atoms with E-state index < -0.39 is 0 Å². The molecule has 1 saturated heterocycles. The van der Waals surface area contributed by atoms with Crippen LogP contribution in [0, 0.1) is 0 Å². The lowest BCUT2D eigenvalue weighted by Crippen LogP contribution is -2.51. The zero-order chi connectivity index (χ0) is 17.9. The second-order valence-corrected chi connectivity index (χ2v) is 6.91. The summed E-state index contributed by atoms with van der Waals surface area (Å²) >= 11 is 0. The van der Waals surface area contributed by atoms with Crippen LogP contribution in [0.3, 0.4) is 0 Å². The third-order valence-corrected chi connectivity index (χ3v) is 5.24. The number of ketones is 1. The van der Waals surface area contributed by atoms with E-state index in [9.17, 15) is 4.79 Å². The minimum atomic E-state index is -0.0786. The molecule has 2 aliphatic heterocycles. The average molecular weight is 352 g/mol. The molecule has 4 rings (SSSR count). The molecule has 0 N–H and O–H groups in total. The number of nitrogens with zero attached hydrogens (tertiary/aromatic N) is 2. The SMILES string of the molecule is CC(C(=O)c1ccccc1)N1CCN(Cc2ccc3c(c2)OCO3)CC1. The van der Waals surface area contributed by atoms with Crippen molar-refractivity contribution in [1.82, 2.24) is 9.80 Å². The summed E-state index contributed by atoms with van der Waals surface area (Å²) in [5.41, 5.74) is 2.03. The van der Waals surface area contributed by atoms with Gasteiger partial charge in [0.05, 0.1) is 6.04 Å². The molecule has 5 heteroatoms. The van der Waals surface area contributed by atoms with Crippen LogP contribution in [0.1, 0.15) is 22.8 Å². The first kappa shape index (κ1) is 17.1. The van der Waals surface area contributed by atoms with Crippen LogP contribution >= 0.6 is 0 Å². The molecule has 0 bridgehead atoms. The van der Waals surface area contributed by atoms with Gasteiger partial charge in [0.1, 0.15) is 0 Å². The second kappa shape index (κ2) is 7.48. The average Bonchev–Trinajstić information content (AvgIpc) is 3.16. The zero-order valence-corrected chi connectivity index (χ0v) is 15.1. The van der Waals surface area contributed by atoms with E-state index in [4.69, 9.17) is 9.47 Å². The highest BCUT2D eigenvalue weighted by Crippen LogP contribution is 2.32. The van der Waals surface area contributed by atoms with Crippen LogP contribution < -0.4 is 9.47 Å². The molecule has 0 aliphatic carbocycles. The monoisotopic (exact) mass is 352 g/mol. The molecule has 2 aliphatic rings. The van der Waals surface area contributed by atoms with Gasteiger partial charge in [0.15, 0.2) is 17.3 Å². The summed E-state index contributed by atoms with van der Waals surface area (Å²) in [5.74, 6) is 1.87. The Balaban J connectivity index is 1.32. The minimum absolute atomic E-state index is 0.0786. The number of benzene rings is 2. The largest absolute Gasteiger partial charge is 0.454 e. The van der Waals surface area contributed by atoms with Crippen LogP contribution in [0.4, 0.5) is 0 Å². The summed E-state index contributed by atoms with van der Waals surface area (Å²) in [6, 6.07) is 15.6. The standard InChI is InChI=1S/C21H24N2O3/c1-16(21(24)18-5-3-2-4-6-18)23-11-9-22(10-12-23)14-17-7-8-19-20(13-17)26-15-25-19/h2-8,13,16H,9-12,14-15H2,1H3. The van der Waals surface area contributed by atoms with E-state index >= 15 is 0 Å². The first-order valence-electron chi connectivity index (χ1n) is 9.15. The molecule has 1 fully saturated rings. The van der Waals surface area contributed by atoms with Gasteiger partial charge in [0.25, 0.3) is 0 Å². The van der Waals surface area contributed by atoms with Crippen LogP contribution in [-0.2, 0) is 6.54 Å². The molecule has 0 radical (unpaired) electrons. The summed E-state index contributed by atoms with van der Waals surface area (Å²) in [6.07, 6.45) is 0. The Morgan fingerprint density at radius 3 is 2.50 bits per heavy atom. The molecule has 136 valence electrons. The van der Waals surface area contributed by atoms with E-state index in [2.05, 4.69) is 21.9 Å². The maximum Gasteiger partial charge on any atom is 0.231 e. The molecule has 0 aromatic heterocycles. The maximum atomic E-state index is 12.6. The van der Waals surface area contributed by atoms with Gasteiger partial charge >= 0.3 is 0 Å². The summed E-state index contributed by atoms with van der Waals surface area (Å²) in [6.45, 7) is 6.95. The number of fused-ring (bicyclic) bond motifs is 1. The lowest BCUT2D eigenvalue weighted by atomic mass is 10.0. The van der Waals surface area contributed by atoms with E-state index in [0.29, 0.717) is 6.79 Å². The quantitative estimate of drug-likeness (QED) is 0.774. The number of carbonyl (C=O) groups excluding carboxylic acids is 1. The fourth-order valence-electron chi connectivity index (χ4n) is 3.62. The van der Waals surface area contributed by atoms with Gasteiger partial charge in [-0.3, -0.25) is 14.6 Å².